The third-order valence-electron chi connectivity index (χ3n) is 4.61. The first kappa shape index (κ1) is 20.3. The summed E-state index contributed by atoms with van der Waals surface area (Å²) < 4.78 is 0. The Morgan fingerprint density at radius 2 is 1.67 bits per heavy atom. The fraction of sp³-hybridized carbons (Fsp3) is 0.889. The maximum Gasteiger partial charge on any atom is 0.303 e. The topological polar surface area (TPSA) is 57.5 Å². The highest BCUT2D eigenvalue weighted by Gasteiger charge is 2.23. The summed E-state index contributed by atoms with van der Waals surface area (Å²) >= 11 is 0. The molecule has 4 atom stereocenters. The highest BCUT2D eigenvalue weighted by Crippen LogP contribution is 2.28. The van der Waals surface area contributed by atoms with Gasteiger partial charge in [-0.2, -0.15) is 0 Å². The second-order valence-corrected chi connectivity index (χ2v) is 6.60. The van der Waals surface area contributed by atoms with Gasteiger partial charge < -0.3 is 10.2 Å². The van der Waals surface area contributed by atoms with Gasteiger partial charge in [0.2, 0.25) is 0 Å². The molecule has 0 aromatic heterocycles. The zero-order valence-electron chi connectivity index (χ0n) is 14.2. The molecular weight excluding hydrogens is 264 g/mol. The van der Waals surface area contributed by atoms with Crippen molar-refractivity contribution in [2.24, 2.45) is 17.8 Å². The van der Waals surface area contributed by atoms with Gasteiger partial charge in [-0.15, -0.1) is 0 Å². The van der Waals surface area contributed by atoms with Gasteiger partial charge in [-0.1, -0.05) is 39.5 Å². The molecule has 0 rings (SSSR count). The summed E-state index contributed by atoms with van der Waals surface area (Å²) in [6.45, 7) is 10.9. The van der Waals surface area contributed by atoms with Crippen LogP contribution in [0.1, 0.15) is 78.6 Å². The molecule has 0 spiro atoms. The lowest BCUT2D eigenvalue weighted by atomic mass is 9.79. The first-order chi connectivity index (χ1) is 9.88. The smallest absolute Gasteiger partial charge is 0.303 e. The minimum atomic E-state index is -0.728. The Balaban J connectivity index is 3.72. The number of aliphatic hydroxyl groups excluding tert-OH is 1. The lowest BCUT2D eigenvalue weighted by Crippen LogP contribution is -2.18. The minimum Gasteiger partial charge on any atom is -0.481 e. The molecule has 0 saturated heterocycles. The number of aliphatic hydroxyl groups is 1. The van der Waals surface area contributed by atoms with Gasteiger partial charge in [-0.05, 0) is 38.5 Å². The molecule has 124 valence electrons. The summed E-state index contributed by atoms with van der Waals surface area (Å²) in [5.41, 5.74) is 0. The van der Waals surface area contributed by atoms with E-state index in [1.807, 2.05) is 0 Å². The molecule has 4 unspecified atom stereocenters. The first-order valence-corrected chi connectivity index (χ1v) is 8.61. The van der Waals surface area contributed by atoms with Crippen LogP contribution in [-0.2, 0) is 4.79 Å². The van der Waals surface area contributed by atoms with E-state index in [0.29, 0.717) is 17.8 Å². The lowest BCUT2D eigenvalue weighted by Gasteiger charge is -2.23. The average Bonchev–Trinajstić information content (AvgIpc) is 2.41. The van der Waals surface area contributed by atoms with E-state index in [1.165, 1.54) is 6.42 Å². The first-order valence-electron chi connectivity index (χ1n) is 8.61. The van der Waals surface area contributed by atoms with Crippen molar-refractivity contribution < 1.29 is 15.0 Å². The summed E-state index contributed by atoms with van der Waals surface area (Å²) in [5.74, 6) is 1.09. The molecule has 3 heteroatoms. The van der Waals surface area contributed by atoms with Crippen molar-refractivity contribution in [3.63, 3.8) is 0 Å². The number of unbranched alkanes of at least 4 members (excludes halogenated alkanes) is 2. The molecule has 0 fully saturated rings. The van der Waals surface area contributed by atoms with Crippen molar-refractivity contribution in [3.8, 4) is 0 Å². The van der Waals surface area contributed by atoms with E-state index in [0.717, 1.165) is 44.9 Å². The van der Waals surface area contributed by atoms with Crippen LogP contribution in [0.25, 0.3) is 0 Å². The van der Waals surface area contributed by atoms with Gasteiger partial charge in [0.25, 0.3) is 0 Å². The molecule has 0 aliphatic heterocycles. The van der Waals surface area contributed by atoms with E-state index in [2.05, 4.69) is 27.7 Å². The van der Waals surface area contributed by atoms with E-state index < -0.39 is 5.97 Å². The van der Waals surface area contributed by atoms with Crippen LogP contribution in [0.5, 0.6) is 0 Å². The number of hydrogen-bond donors (Lipinski definition) is 2. The normalized spacial score (nSPS) is 17.1. The third kappa shape index (κ3) is 10.6. The minimum absolute atomic E-state index is 0.229. The van der Waals surface area contributed by atoms with E-state index in [-0.39, 0.29) is 12.5 Å². The molecule has 0 saturated carbocycles. The number of aliphatic carboxylic acids is 1. The molecular formula is C18H35O3+. The Bertz CT molecular complexity index is 263. The van der Waals surface area contributed by atoms with E-state index in [1.54, 1.807) is 0 Å². The predicted octanol–water partition coefficient (Wildman–Crippen LogP) is 4.69. The van der Waals surface area contributed by atoms with Crippen molar-refractivity contribution in [1.29, 1.82) is 0 Å². The maximum atomic E-state index is 10.4. The molecule has 0 radical (unpaired) electrons. The van der Waals surface area contributed by atoms with Crippen LogP contribution < -0.4 is 0 Å². The van der Waals surface area contributed by atoms with Gasteiger partial charge in [0.1, 0.15) is 0 Å². The van der Waals surface area contributed by atoms with Gasteiger partial charge in [-0.3, -0.25) is 4.79 Å². The summed E-state index contributed by atoms with van der Waals surface area (Å²) in [6, 6.07) is 0. The van der Waals surface area contributed by atoms with Crippen LogP contribution in [0, 0.1) is 24.7 Å². The Morgan fingerprint density at radius 3 is 2.19 bits per heavy atom. The van der Waals surface area contributed by atoms with Crippen LogP contribution >= 0.6 is 0 Å². The van der Waals surface area contributed by atoms with Gasteiger partial charge in [0.05, 0.1) is 18.9 Å². The van der Waals surface area contributed by atoms with Crippen LogP contribution in [0.3, 0.4) is 0 Å². The number of hydrogen-bond acceptors (Lipinski definition) is 2. The van der Waals surface area contributed by atoms with E-state index in [9.17, 15) is 9.90 Å². The molecule has 0 aromatic rings. The van der Waals surface area contributed by atoms with Gasteiger partial charge in [0, 0.05) is 12.3 Å². The standard InChI is InChI=1S/C18H34O3/c1-5-15(4)17(14(2)3)12-9-11-16(19)10-7-6-8-13-18(20)21/h14-17,19H,2,5-13H2,1,3-4H3/p+1. The number of rotatable bonds is 13. The van der Waals surface area contributed by atoms with Gasteiger partial charge >= 0.3 is 5.97 Å². The molecule has 2 N–H and O–H groups in total. The fourth-order valence-electron chi connectivity index (χ4n) is 3.00. The molecule has 0 aromatic carbocycles. The third-order valence-corrected chi connectivity index (χ3v) is 4.61. The summed E-state index contributed by atoms with van der Waals surface area (Å²) in [5, 5.41) is 18.5. The average molecular weight is 299 g/mol. The summed E-state index contributed by atoms with van der Waals surface area (Å²) in [4.78, 5) is 10.4. The quantitative estimate of drug-likeness (QED) is 0.383. The molecule has 0 amide bonds. The molecule has 3 nitrogen and oxygen atoms in total. The van der Waals surface area contributed by atoms with Gasteiger partial charge in [-0.25, -0.2) is 0 Å². The molecule has 0 aliphatic carbocycles. The maximum absolute atomic E-state index is 10.4. The largest absolute Gasteiger partial charge is 0.481 e. The van der Waals surface area contributed by atoms with E-state index in [4.69, 9.17) is 5.11 Å². The Hall–Kier alpha value is -0.700. The second kappa shape index (κ2) is 11.9. The lowest BCUT2D eigenvalue weighted by molar-refractivity contribution is -0.137. The Labute approximate surface area is 131 Å². The number of carbonyl (C=O) groups is 1. The Kier molecular flexibility index (Phi) is 11.5. The van der Waals surface area contributed by atoms with Crippen molar-refractivity contribution in [3.05, 3.63) is 6.92 Å². The van der Waals surface area contributed by atoms with Crippen LogP contribution in [0.2, 0.25) is 0 Å². The SMILES string of the molecule is [CH2+]C(C)C(CCCC(O)CCCCCC(=O)O)C(C)CC. The second-order valence-electron chi connectivity index (χ2n) is 6.60. The molecule has 0 heterocycles. The molecule has 21 heavy (non-hydrogen) atoms. The van der Waals surface area contributed by atoms with Crippen LogP contribution in [0.15, 0.2) is 0 Å². The highest BCUT2D eigenvalue weighted by atomic mass is 16.4. The number of carboxylic acids is 1. The monoisotopic (exact) mass is 299 g/mol. The zero-order valence-corrected chi connectivity index (χ0v) is 14.2. The van der Waals surface area contributed by atoms with Crippen molar-refractivity contribution in [2.75, 3.05) is 0 Å². The summed E-state index contributed by atoms with van der Waals surface area (Å²) in [7, 11) is 0. The predicted molar refractivity (Wildman–Crippen MR) is 88.0 cm³/mol. The van der Waals surface area contributed by atoms with E-state index >= 15 is 0 Å². The fourth-order valence-corrected chi connectivity index (χ4v) is 3.00. The number of carboxylic acid groups (broad SMARTS) is 1. The van der Waals surface area contributed by atoms with Crippen LogP contribution in [0.4, 0.5) is 0 Å². The Morgan fingerprint density at radius 1 is 1.05 bits per heavy atom. The summed E-state index contributed by atoms with van der Waals surface area (Å²) in [6.07, 6.45) is 7.62. The van der Waals surface area contributed by atoms with Crippen molar-refractivity contribution in [1.82, 2.24) is 0 Å². The van der Waals surface area contributed by atoms with Crippen molar-refractivity contribution >= 4 is 5.97 Å². The highest BCUT2D eigenvalue weighted by molar-refractivity contribution is 5.66. The molecule has 0 aliphatic rings. The van der Waals surface area contributed by atoms with Crippen LogP contribution in [-0.4, -0.2) is 22.3 Å². The van der Waals surface area contributed by atoms with Crippen molar-refractivity contribution in [2.45, 2.75) is 84.7 Å². The van der Waals surface area contributed by atoms with Gasteiger partial charge in [0.15, 0.2) is 0 Å². The zero-order chi connectivity index (χ0) is 16.3. The molecule has 0 bridgehead atoms.